The number of carboxylic acids is 1. The number of thiophene rings is 1. The predicted octanol–water partition coefficient (Wildman–Crippen LogP) is 16.6. The maximum Gasteiger partial charge on any atom is 0.367 e. The highest BCUT2D eigenvalue weighted by Crippen LogP contribution is 2.42. The Balaban J connectivity index is 0.000000165. The van der Waals surface area contributed by atoms with Gasteiger partial charge in [0.05, 0.1) is 55.6 Å². The minimum Gasteiger partial charge on any atom is -0.493 e. The Morgan fingerprint density at radius 3 is 2.12 bits per heavy atom. The molecule has 5 amide bonds. The summed E-state index contributed by atoms with van der Waals surface area (Å²) in [5.41, 5.74) is 10.0. The number of carboxylic acid groups (broad SMARTS) is 1. The number of nitrogens with zero attached hydrogens (tertiary/aromatic N) is 7. The number of hydrogen-bond acceptors (Lipinski definition) is 25. The van der Waals surface area contributed by atoms with Gasteiger partial charge in [-0.3, -0.25) is 30.3 Å². The summed E-state index contributed by atoms with van der Waals surface area (Å²) in [4.78, 5) is 89.2. The van der Waals surface area contributed by atoms with E-state index in [0.717, 1.165) is 65.0 Å². The number of carbonyl (C=O) groups is 6. The van der Waals surface area contributed by atoms with E-state index in [1.807, 2.05) is 30.7 Å². The number of urea groups is 1. The number of nitrogen functional groups attached to an aromatic ring is 1. The molecule has 12 rings (SSSR count). The van der Waals surface area contributed by atoms with E-state index in [4.69, 9.17) is 39.3 Å². The molecule has 1 unspecified atom stereocenters. The van der Waals surface area contributed by atoms with Gasteiger partial charge >= 0.3 is 18.0 Å². The molecule has 1 aliphatic carbocycles. The van der Waals surface area contributed by atoms with Crippen molar-refractivity contribution in [2.24, 2.45) is 13.0 Å². The first-order chi connectivity index (χ1) is 51.1. The summed E-state index contributed by atoms with van der Waals surface area (Å²) in [6.07, 6.45) is 13.4. The Morgan fingerprint density at radius 2 is 1.47 bits per heavy atom. The first-order valence-electron chi connectivity index (χ1n) is 32.6. The maximum atomic E-state index is 14.1. The number of carbonyl (C=O) groups excluding carboxylic acids is 5. The van der Waals surface area contributed by atoms with Gasteiger partial charge in [-0.2, -0.15) is 11.3 Å². The summed E-state index contributed by atoms with van der Waals surface area (Å²) in [7, 11) is 4.75. The van der Waals surface area contributed by atoms with Crippen LogP contribution in [0.25, 0.3) is 0 Å². The average Bonchev–Trinajstić information content (AvgIpc) is 1.09. The Bertz CT molecular complexity index is 4730. The second-order valence-corrected chi connectivity index (χ2v) is 28.5. The first kappa shape index (κ1) is 79.2. The van der Waals surface area contributed by atoms with Crippen molar-refractivity contribution in [1.82, 2.24) is 34.7 Å². The number of rotatable bonds is 26. The normalized spacial score (nSPS) is 11.8. The number of hydrogen-bond donors (Lipinski definition) is 7. The van der Waals surface area contributed by atoms with Gasteiger partial charge in [0, 0.05) is 77.8 Å². The second-order valence-electron chi connectivity index (χ2n) is 23.1. The number of nitrogens with one attached hydrogen (secondary N) is 5. The molecule has 0 aliphatic heterocycles. The zero-order valence-corrected chi connectivity index (χ0v) is 63.0. The Morgan fingerprint density at radius 1 is 0.745 bits per heavy atom. The molecule has 11 aromatic rings. The quantitative estimate of drug-likeness (QED) is 0.0196. The predicted molar refractivity (Wildman–Crippen MR) is 407 cm³/mol. The van der Waals surface area contributed by atoms with Crippen LogP contribution < -0.4 is 56.0 Å². The van der Waals surface area contributed by atoms with Crippen molar-refractivity contribution >= 4 is 136 Å². The fourth-order valence-corrected chi connectivity index (χ4v) is 14.0. The van der Waals surface area contributed by atoms with Gasteiger partial charge in [-0.05, 0) is 128 Å². The van der Waals surface area contributed by atoms with Gasteiger partial charge in [-0.1, -0.05) is 72.9 Å². The van der Waals surface area contributed by atoms with E-state index in [2.05, 4.69) is 93.3 Å². The topological polar surface area (TPSA) is 346 Å². The number of imidazole rings is 1. The molecule has 0 radical (unpaired) electrons. The molecule has 0 spiro atoms. The largest absolute Gasteiger partial charge is 0.493 e. The number of aryl methyl sites for hydroxylation is 2. The van der Waals surface area contributed by atoms with E-state index in [-0.39, 0.29) is 73.1 Å². The number of halogens is 2. The van der Waals surface area contributed by atoms with Crippen LogP contribution in [0.5, 0.6) is 34.5 Å². The third-order valence-corrected chi connectivity index (χ3v) is 19.9. The number of anilines is 6. The average molecular weight is 1560 g/mol. The summed E-state index contributed by atoms with van der Waals surface area (Å²) < 4.78 is 62.6. The molecule has 1 atom stereocenters. The third-order valence-electron chi connectivity index (χ3n) is 15.0. The standard InChI is InChI=1S/C21H20FN3O6S.C19H19N3O5S2.C18H22N2OS.C14H12FN5OS2/c1-4-30-19(26)14-11-32-21(24-14)25-20(27)23-13-10-12(22)8-9-15(13)31-17-7-5-6-16(28-2)18(17)29-3;1-11(2)27-15-8-13(16(23)20-19-22-21-17(29-19)18(24)25)7-14(9-15)26-5-3-12-4-6-28-10-12;1-13-6-8-15(9-7-13)16(12-14-4-2-3-5-14)17(21)20-18-19-10-11-22-18;1-20-4-2-18-14(20)23-11-6-8(10(16)7-9(11)15)12(21)19-13-17-3-5-22-13/h5-11H,4H2,1-3H3,(H2,23,24,25,27);4,6-11H,3,5H2,1-2H3,(H,24,25)(H,20,22,23);6-11,14,16H,2-5,12H2,1H3,(H,19,20,21);2-7H,16H2,1H3,(H,17,19,21). The van der Waals surface area contributed by atoms with Gasteiger partial charge < -0.3 is 54.5 Å². The number of para-hydroxylation sites is 1. The van der Waals surface area contributed by atoms with Gasteiger partial charge in [0.1, 0.15) is 23.1 Å². The van der Waals surface area contributed by atoms with Crippen LogP contribution in [0.3, 0.4) is 0 Å². The highest BCUT2D eigenvalue weighted by Gasteiger charge is 2.28. The summed E-state index contributed by atoms with van der Waals surface area (Å²) in [5.74, 6) is -0.827. The molecule has 554 valence electrons. The van der Waals surface area contributed by atoms with Gasteiger partial charge in [-0.15, -0.1) is 44.2 Å². The summed E-state index contributed by atoms with van der Waals surface area (Å²) in [6, 6.07) is 25.9. The van der Waals surface area contributed by atoms with Gasteiger partial charge in [0.2, 0.25) is 21.8 Å². The zero-order chi connectivity index (χ0) is 75.7. The molecule has 6 heterocycles. The molecule has 34 heteroatoms. The van der Waals surface area contributed by atoms with Gasteiger partial charge in [0.25, 0.3) is 11.8 Å². The highest BCUT2D eigenvalue weighted by molar-refractivity contribution is 7.99. The molecule has 106 heavy (non-hydrogen) atoms. The highest BCUT2D eigenvalue weighted by atomic mass is 32.2. The molecule has 0 saturated heterocycles. The SMILES string of the molecule is CC(C)Oc1cc(OCCc2ccsc2)cc(C(=O)Nc2nnc(C(=O)O)s2)c1.CCOC(=O)c1csc(NC(=O)Nc2cc(F)ccc2Oc2cccc(OC)c2OC)n1.Cc1ccc(C(CC2CCCC2)C(=O)Nc2nccs2)cc1.Cn1ccnc1Sc1cc(C(=O)Nc2nccs2)c(N)cc1F. The Kier molecular flexibility index (Phi) is 29.3. The van der Waals surface area contributed by atoms with Crippen LogP contribution in [0, 0.1) is 24.5 Å². The molecule has 1 saturated carbocycles. The third kappa shape index (κ3) is 23.6. The van der Waals surface area contributed by atoms with Crippen molar-refractivity contribution in [2.45, 2.75) is 88.3 Å². The Labute approximate surface area is 632 Å². The van der Waals surface area contributed by atoms with Gasteiger partial charge in [0.15, 0.2) is 43.5 Å². The molecular weight excluding hydrogens is 1490 g/mol. The van der Waals surface area contributed by atoms with E-state index in [9.17, 15) is 37.5 Å². The lowest BCUT2D eigenvalue weighted by atomic mass is 9.87. The molecule has 5 aromatic carbocycles. The number of thiazole rings is 3. The van der Waals surface area contributed by atoms with Crippen LogP contribution in [0.2, 0.25) is 0 Å². The van der Waals surface area contributed by atoms with Crippen molar-refractivity contribution in [1.29, 1.82) is 0 Å². The summed E-state index contributed by atoms with van der Waals surface area (Å²) in [6.45, 7) is 8.19. The summed E-state index contributed by atoms with van der Waals surface area (Å²) >= 11 is 7.33. The van der Waals surface area contributed by atoms with E-state index < -0.39 is 41.4 Å². The second kappa shape index (κ2) is 39.3. The maximum absolute atomic E-state index is 14.1. The number of nitrogens with two attached hydrogens (primary N) is 1. The van der Waals surface area contributed by atoms with Crippen molar-refractivity contribution in [3.8, 4) is 34.5 Å². The van der Waals surface area contributed by atoms with Crippen molar-refractivity contribution < 1.29 is 71.1 Å². The molecule has 6 aromatic heterocycles. The molecular formula is C72H73F2N13O13S6. The number of esters is 1. The lowest BCUT2D eigenvalue weighted by molar-refractivity contribution is -0.118. The van der Waals surface area contributed by atoms with Crippen LogP contribution in [0.4, 0.5) is 45.5 Å². The lowest BCUT2D eigenvalue weighted by Crippen LogP contribution is -2.23. The fourth-order valence-electron chi connectivity index (χ4n) is 10.1. The number of benzene rings is 5. The van der Waals surface area contributed by atoms with Crippen LogP contribution in [-0.4, -0.2) is 109 Å². The number of aromatic carboxylic acids is 1. The van der Waals surface area contributed by atoms with Crippen LogP contribution in [0.15, 0.2) is 159 Å². The molecule has 1 aliphatic rings. The Hall–Kier alpha value is -10.9. The van der Waals surface area contributed by atoms with Crippen molar-refractivity contribution in [3.05, 3.63) is 199 Å². The van der Waals surface area contributed by atoms with E-state index in [1.165, 1.54) is 97.3 Å². The minimum atomic E-state index is -1.20. The smallest absolute Gasteiger partial charge is 0.367 e. The van der Waals surface area contributed by atoms with Crippen molar-refractivity contribution in [3.63, 3.8) is 0 Å². The molecule has 8 N–H and O–H groups in total. The fraction of sp³-hybridized carbons (Fsp3) is 0.250. The molecule has 26 nitrogen and oxygen atoms in total. The minimum absolute atomic E-state index is 0.0644. The van der Waals surface area contributed by atoms with E-state index in [0.29, 0.717) is 62.3 Å². The number of ether oxygens (including phenoxy) is 6. The monoisotopic (exact) mass is 1560 g/mol. The molecule has 0 bridgehead atoms. The first-order valence-corrected chi connectivity index (χ1v) is 37.8. The van der Waals surface area contributed by atoms with Crippen molar-refractivity contribution in [2.75, 3.05) is 59.8 Å². The van der Waals surface area contributed by atoms with Crippen LogP contribution in [0.1, 0.15) is 116 Å². The number of aromatic nitrogens is 7. The van der Waals surface area contributed by atoms with E-state index in [1.54, 1.807) is 96.4 Å². The number of amides is 5. The summed E-state index contributed by atoms with van der Waals surface area (Å²) in [5, 5.41) is 40.2. The van der Waals surface area contributed by atoms with Crippen LogP contribution in [-0.2, 0) is 23.0 Å². The molecule has 1 fully saturated rings. The van der Waals surface area contributed by atoms with Gasteiger partial charge in [-0.25, -0.2) is 43.1 Å². The van der Waals surface area contributed by atoms with E-state index >= 15 is 0 Å². The van der Waals surface area contributed by atoms with Crippen LogP contribution >= 0.6 is 68.4 Å². The number of methoxy groups -OCH3 is 2. The zero-order valence-electron chi connectivity index (χ0n) is 58.1. The lowest BCUT2D eigenvalue weighted by Gasteiger charge is -2.20.